The van der Waals surface area contributed by atoms with Gasteiger partial charge in [-0.2, -0.15) is 0 Å². The van der Waals surface area contributed by atoms with E-state index in [-0.39, 0.29) is 31.2 Å². The Labute approximate surface area is 66.7 Å². The molecule has 5 heteroatoms. The Morgan fingerprint density at radius 3 is 2.64 bits per heavy atom. The summed E-state index contributed by atoms with van der Waals surface area (Å²) in [4.78, 5) is 21.0. The molecule has 0 aliphatic heterocycles. The van der Waals surface area contributed by atoms with Crippen LogP contribution in [-0.2, 0) is 14.3 Å². The van der Waals surface area contributed by atoms with Crippen molar-refractivity contribution in [1.82, 2.24) is 5.32 Å². The van der Waals surface area contributed by atoms with Crippen LogP contribution in [0.2, 0.25) is 6.32 Å². The van der Waals surface area contributed by atoms with Crippen LogP contribution in [-0.4, -0.2) is 33.4 Å². The first kappa shape index (κ1) is 10.0. The van der Waals surface area contributed by atoms with E-state index < -0.39 is 0 Å². The Balaban J connectivity index is 3.27. The summed E-state index contributed by atoms with van der Waals surface area (Å²) < 4.78 is 4.34. The maximum atomic E-state index is 10.5. The van der Waals surface area contributed by atoms with Gasteiger partial charge in [0.05, 0.1) is 21.4 Å². The van der Waals surface area contributed by atoms with Crippen LogP contribution < -0.4 is 5.32 Å². The molecule has 0 saturated carbocycles. The number of amides is 1. The molecular weight excluding hydrogens is 145 g/mol. The maximum absolute atomic E-state index is 10.5. The lowest BCUT2D eigenvalue weighted by molar-refractivity contribution is -0.140. The molecule has 11 heavy (non-hydrogen) atoms. The number of hydrogen-bond donors (Lipinski definition) is 1. The van der Waals surface area contributed by atoms with Gasteiger partial charge in [0, 0.05) is 6.54 Å². The van der Waals surface area contributed by atoms with Gasteiger partial charge in [0.2, 0.25) is 5.91 Å². The van der Waals surface area contributed by atoms with Crippen LogP contribution in [0.3, 0.4) is 0 Å². The van der Waals surface area contributed by atoms with Gasteiger partial charge in [-0.15, -0.1) is 0 Å². The second-order valence-electron chi connectivity index (χ2n) is 1.88. The molecule has 0 saturated heterocycles. The Morgan fingerprint density at radius 1 is 1.55 bits per heavy atom. The van der Waals surface area contributed by atoms with Crippen molar-refractivity contribution in [3.63, 3.8) is 0 Å². The summed E-state index contributed by atoms with van der Waals surface area (Å²) in [5.41, 5.74) is 0. The first-order valence-electron chi connectivity index (χ1n) is 3.24. The molecule has 1 amide bonds. The summed E-state index contributed by atoms with van der Waals surface area (Å²) in [6.45, 7) is 0.280. The third kappa shape index (κ3) is 5.45. The van der Waals surface area contributed by atoms with Crippen molar-refractivity contribution in [3.8, 4) is 0 Å². The molecule has 0 bridgehead atoms. The van der Waals surface area contributed by atoms with Gasteiger partial charge in [-0.25, -0.2) is 0 Å². The van der Waals surface area contributed by atoms with Gasteiger partial charge < -0.3 is 10.1 Å². The average Bonchev–Trinajstić information content (AvgIpc) is 2.04. The van der Waals surface area contributed by atoms with Crippen molar-refractivity contribution in [3.05, 3.63) is 0 Å². The molecular formula is C6H10BNO3. The van der Waals surface area contributed by atoms with Crippen LogP contribution >= 0.6 is 0 Å². The lowest BCUT2D eigenvalue weighted by atomic mass is 10.1. The third-order valence-electron chi connectivity index (χ3n) is 1.06. The molecule has 0 atom stereocenters. The fourth-order valence-corrected chi connectivity index (χ4v) is 0.478. The minimum absolute atomic E-state index is 0.0544. The van der Waals surface area contributed by atoms with Crippen LogP contribution in [0, 0.1) is 0 Å². The quantitative estimate of drug-likeness (QED) is 0.429. The van der Waals surface area contributed by atoms with Crippen LogP contribution in [0.4, 0.5) is 0 Å². The predicted octanol–water partition coefficient (Wildman–Crippen LogP) is -0.747. The van der Waals surface area contributed by atoms with Gasteiger partial charge in [-0.05, 0) is 6.32 Å². The smallest absolute Gasteiger partial charge is 0.307 e. The van der Waals surface area contributed by atoms with Crippen molar-refractivity contribution in [2.45, 2.75) is 12.7 Å². The van der Waals surface area contributed by atoms with Gasteiger partial charge in [0.15, 0.2) is 0 Å². The van der Waals surface area contributed by atoms with E-state index in [2.05, 4.69) is 10.1 Å². The van der Waals surface area contributed by atoms with Gasteiger partial charge in [0.1, 0.15) is 0 Å². The van der Waals surface area contributed by atoms with Crippen molar-refractivity contribution >= 4 is 19.7 Å². The number of carbonyl (C=O) groups is 2. The highest BCUT2D eigenvalue weighted by Gasteiger charge is 2.00. The van der Waals surface area contributed by atoms with Crippen molar-refractivity contribution in [2.24, 2.45) is 0 Å². The number of methoxy groups -OCH3 is 1. The van der Waals surface area contributed by atoms with E-state index in [0.717, 1.165) is 0 Å². The molecule has 4 nitrogen and oxygen atoms in total. The average molecular weight is 155 g/mol. The van der Waals surface area contributed by atoms with E-state index in [1.807, 2.05) is 0 Å². The van der Waals surface area contributed by atoms with E-state index in [0.29, 0.717) is 0 Å². The molecule has 0 aliphatic rings. The topological polar surface area (TPSA) is 55.4 Å². The second-order valence-corrected chi connectivity index (χ2v) is 1.88. The molecule has 0 aromatic heterocycles. The minimum Gasteiger partial charge on any atom is -0.469 e. The molecule has 2 radical (unpaired) electrons. The zero-order valence-corrected chi connectivity index (χ0v) is 6.42. The van der Waals surface area contributed by atoms with Gasteiger partial charge in [-0.3, -0.25) is 9.59 Å². The molecule has 0 unspecified atom stereocenters. The van der Waals surface area contributed by atoms with Crippen LogP contribution in [0.25, 0.3) is 0 Å². The largest absolute Gasteiger partial charge is 0.469 e. The van der Waals surface area contributed by atoms with E-state index in [4.69, 9.17) is 7.85 Å². The van der Waals surface area contributed by atoms with E-state index in [1.54, 1.807) is 0 Å². The van der Waals surface area contributed by atoms with Crippen LogP contribution in [0.15, 0.2) is 0 Å². The van der Waals surface area contributed by atoms with E-state index in [1.165, 1.54) is 7.11 Å². The fraction of sp³-hybridized carbons (Fsp3) is 0.667. The molecule has 0 aliphatic carbocycles. The first-order chi connectivity index (χ1) is 5.20. The minimum atomic E-state index is -0.345. The number of carbonyl (C=O) groups excluding carboxylic acids is 2. The van der Waals surface area contributed by atoms with Gasteiger partial charge in [-0.1, -0.05) is 0 Å². The Kier molecular flexibility index (Phi) is 5.24. The molecule has 1 N–H and O–H groups in total. The summed E-state index contributed by atoms with van der Waals surface area (Å²) in [5.74, 6) is -0.615. The molecule has 0 rings (SSSR count). The SMILES string of the molecule is [B]CC(=O)NCCC(=O)OC. The van der Waals surface area contributed by atoms with Gasteiger partial charge in [0.25, 0.3) is 0 Å². The summed E-state index contributed by atoms with van der Waals surface area (Å²) in [6, 6.07) is 0. The zero-order chi connectivity index (χ0) is 8.69. The summed E-state index contributed by atoms with van der Waals surface area (Å²) in [7, 11) is 6.29. The number of hydrogen-bond acceptors (Lipinski definition) is 3. The van der Waals surface area contributed by atoms with Crippen molar-refractivity contribution in [1.29, 1.82) is 0 Å². The molecule has 0 aromatic carbocycles. The van der Waals surface area contributed by atoms with E-state index >= 15 is 0 Å². The summed E-state index contributed by atoms with van der Waals surface area (Å²) in [5, 5.41) is 2.43. The second kappa shape index (κ2) is 5.76. The number of ether oxygens (including phenoxy) is 1. The highest BCUT2D eigenvalue weighted by atomic mass is 16.5. The number of nitrogens with one attached hydrogen (secondary N) is 1. The molecule has 0 fully saturated rings. The maximum Gasteiger partial charge on any atom is 0.307 e. The van der Waals surface area contributed by atoms with Gasteiger partial charge >= 0.3 is 5.97 Å². The van der Waals surface area contributed by atoms with Crippen molar-refractivity contribution in [2.75, 3.05) is 13.7 Å². The number of rotatable bonds is 4. The zero-order valence-electron chi connectivity index (χ0n) is 6.42. The molecule has 0 heterocycles. The third-order valence-corrected chi connectivity index (χ3v) is 1.06. The fourth-order valence-electron chi connectivity index (χ4n) is 0.478. The number of esters is 1. The highest BCUT2D eigenvalue weighted by molar-refractivity contribution is 6.19. The Bertz CT molecular complexity index is 133. The lowest BCUT2D eigenvalue weighted by Gasteiger charge is -2.01. The van der Waals surface area contributed by atoms with Crippen LogP contribution in [0.1, 0.15) is 6.42 Å². The van der Waals surface area contributed by atoms with E-state index in [9.17, 15) is 9.59 Å². The molecule has 0 spiro atoms. The Hall–Kier alpha value is -0.995. The van der Waals surface area contributed by atoms with Crippen LogP contribution in [0.5, 0.6) is 0 Å². The molecule has 0 aromatic rings. The lowest BCUT2D eigenvalue weighted by Crippen LogP contribution is -2.25. The predicted molar refractivity (Wildman–Crippen MR) is 40.2 cm³/mol. The normalized spacial score (nSPS) is 8.82. The van der Waals surface area contributed by atoms with Crippen molar-refractivity contribution < 1.29 is 14.3 Å². The standard InChI is InChI=1S/C6H10BNO3/c1-11-6(10)2-3-8-5(9)4-7/h2-4H2,1H3,(H,8,9). The summed E-state index contributed by atoms with van der Waals surface area (Å²) >= 11 is 0. The first-order valence-corrected chi connectivity index (χ1v) is 3.24. The summed E-state index contributed by atoms with van der Waals surface area (Å²) in [6.07, 6.45) is 0.128. The highest BCUT2D eigenvalue weighted by Crippen LogP contribution is 1.81. The monoisotopic (exact) mass is 155 g/mol. The molecule has 60 valence electrons. The Morgan fingerprint density at radius 2 is 2.18 bits per heavy atom.